The van der Waals surface area contributed by atoms with E-state index in [4.69, 9.17) is 4.74 Å². The molecule has 0 saturated heterocycles. The molecule has 2 N–H and O–H groups in total. The lowest BCUT2D eigenvalue weighted by atomic mass is 10.1. The molecular formula is C14H26N4OS. The predicted octanol–water partition coefficient (Wildman–Crippen LogP) is 2.97. The Morgan fingerprint density at radius 1 is 1.25 bits per heavy atom. The number of aromatic nitrogens is 2. The van der Waals surface area contributed by atoms with E-state index in [-0.39, 0.29) is 6.10 Å². The summed E-state index contributed by atoms with van der Waals surface area (Å²) < 4.78 is 9.50. The maximum Gasteiger partial charge on any atom is 0.202 e. The van der Waals surface area contributed by atoms with Gasteiger partial charge >= 0.3 is 0 Å². The summed E-state index contributed by atoms with van der Waals surface area (Å²) in [6, 6.07) is 0.706. The zero-order chi connectivity index (χ0) is 14.2. The molecule has 1 fully saturated rings. The highest BCUT2D eigenvalue weighted by molar-refractivity contribution is 7.09. The number of anilines is 1. The maximum atomic E-state index is 5.21. The molecule has 20 heavy (non-hydrogen) atoms. The monoisotopic (exact) mass is 298 g/mol. The second-order valence-electron chi connectivity index (χ2n) is 5.41. The van der Waals surface area contributed by atoms with Gasteiger partial charge < -0.3 is 15.4 Å². The molecule has 1 atom stereocenters. The van der Waals surface area contributed by atoms with E-state index < -0.39 is 0 Å². The Kier molecular flexibility index (Phi) is 6.69. The van der Waals surface area contributed by atoms with Crippen molar-refractivity contribution in [2.24, 2.45) is 0 Å². The minimum Gasteiger partial charge on any atom is -0.374 e. The van der Waals surface area contributed by atoms with E-state index in [9.17, 15) is 0 Å². The third-order valence-electron chi connectivity index (χ3n) is 3.85. The van der Waals surface area contributed by atoms with E-state index in [1.54, 1.807) is 7.11 Å². The standard InChI is InChI=1S/C14H26N4OS/c1-11(19-2)13-17-14(20-18-13)16-10-9-15-12-7-5-3-4-6-8-12/h11-12,15H,3-10H2,1-2H3,(H,16,17,18). The predicted molar refractivity (Wildman–Crippen MR) is 83.3 cm³/mol. The van der Waals surface area contributed by atoms with Gasteiger partial charge in [-0.3, -0.25) is 0 Å². The van der Waals surface area contributed by atoms with Crippen LogP contribution in [0.3, 0.4) is 0 Å². The van der Waals surface area contributed by atoms with Crippen LogP contribution in [0.5, 0.6) is 0 Å². The number of ether oxygens (including phenoxy) is 1. The highest BCUT2D eigenvalue weighted by Gasteiger charge is 2.12. The van der Waals surface area contributed by atoms with E-state index in [2.05, 4.69) is 20.0 Å². The Morgan fingerprint density at radius 2 is 2.00 bits per heavy atom. The zero-order valence-corrected chi connectivity index (χ0v) is 13.3. The number of rotatable bonds is 7. The first kappa shape index (κ1) is 15.7. The van der Waals surface area contributed by atoms with Crippen LogP contribution in [0.25, 0.3) is 0 Å². The molecule has 6 heteroatoms. The molecule has 1 heterocycles. The Labute approximate surface area is 125 Å². The lowest BCUT2D eigenvalue weighted by Gasteiger charge is -2.15. The van der Waals surface area contributed by atoms with Gasteiger partial charge in [0.1, 0.15) is 6.10 Å². The van der Waals surface area contributed by atoms with E-state index in [0.29, 0.717) is 6.04 Å². The van der Waals surface area contributed by atoms with Gasteiger partial charge in [-0.25, -0.2) is 4.98 Å². The third-order valence-corrected chi connectivity index (χ3v) is 4.54. The maximum absolute atomic E-state index is 5.21. The molecular weight excluding hydrogens is 272 g/mol. The second kappa shape index (κ2) is 8.54. The second-order valence-corrected chi connectivity index (χ2v) is 6.16. The number of nitrogens with one attached hydrogen (secondary N) is 2. The van der Waals surface area contributed by atoms with E-state index >= 15 is 0 Å². The number of hydrogen-bond acceptors (Lipinski definition) is 6. The molecule has 1 saturated carbocycles. The highest BCUT2D eigenvalue weighted by Crippen LogP contribution is 2.18. The molecule has 0 bridgehead atoms. The molecule has 1 aromatic heterocycles. The fraction of sp³-hybridized carbons (Fsp3) is 0.857. The van der Waals surface area contributed by atoms with Crippen molar-refractivity contribution in [1.29, 1.82) is 0 Å². The Morgan fingerprint density at radius 3 is 2.70 bits per heavy atom. The topological polar surface area (TPSA) is 59.1 Å². The minimum absolute atomic E-state index is 0.0362. The summed E-state index contributed by atoms with van der Waals surface area (Å²) in [5, 5.41) is 7.85. The number of methoxy groups -OCH3 is 1. The van der Waals surface area contributed by atoms with Crippen molar-refractivity contribution >= 4 is 16.7 Å². The quantitative estimate of drug-likeness (QED) is 0.598. The minimum atomic E-state index is -0.0362. The van der Waals surface area contributed by atoms with Gasteiger partial charge in [0.2, 0.25) is 5.13 Å². The number of hydrogen-bond donors (Lipinski definition) is 2. The van der Waals surface area contributed by atoms with Crippen LogP contribution in [0, 0.1) is 0 Å². The van der Waals surface area contributed by atoms with Crippen molar-refractivity contribution in [2.75, 3.05) is 25.5 Å². The lowest BCUT2D eigenvalue weighted by Crippen LogP contribution is -2.32. The van der Waals surface area contributed by atoms with Crippen LogP contribution in [-0.2, 0) is 4.74 Å². The average molecular weight is 298 g/mol. The summed E-state index contributed by atoms with van der Waals surface area (Å²) in [4.78, 5) is 4.42. The van der Waals surface area contributed by atoms with Gasteiger partial charge in [0, 0.05) is 37.8 Å². The van der Waals surface area contributed by atoms with Crippen LogP contribution in [0.2, 0.25) is 0 Å². The van der Waals surface area contributed by atoms with Crippen molar-refractivity contribution < 1.29 is 4.74 Å². The smallest absolute Gasteiger partial charge is 0.202 e. The first-order chi connectivity index (χ1) is 9.79. The normalized spacial score (nSPS) is 18.7. The summed E-state index contributed by atoms with van der Waals surface area (Å²) in [6.07, 6.45) is 8.18. The van der Waals surface area contributed by atoms with Crippen LogP contribution < -0.4 is 10.6 Å². The SMILES string of the molecule is COC(C)c1nsc(NCCNC2CCCCCC2)n1. The van der Waals surface area contributed by atoms with Crippen molar-refractivity contribution in [2.45, 2.75) is 57.6 Å². The van der Waals surface area contributed by atoms with E-state index in [0.717, 1.165) is 24.0 Å². The molecule has 0 aliphatic heterocycles. The summed E-state index contributed by atoms with van der Waals surface area (Å²) in [7, 11) is 1.68. The fourth-order valence-corrected chi connectivity index (χ4v) is 3.18. The van der Waals surface area contributed by atoms with Crippen LogP contribution in [0.4, 0.5) is 5.13 Å². The Balaban J connectivity index is 1.64. The third kappa shape index (κ3) is 5.00. The van der Waals surface area contributed by atoms with Crippen LogP contribution in [0.1, 0.15) is 57.4 Å². The molecule has 1 aliphatic rings. The van der Waals surface area contributed by atoms with E-state index in [1.165, 1.54) is 50.1 Å². The molecule has 2 rings (SSSR count). The first-order valence-electron chi connectivity index (χ1n) is 7.63. The van der Waals surface area contributed by atoms with E-state index in [1.807, 2.05) is 6.92 Å². The Bertz CT molecular complexity index is 377. The molecule has 114 valence electrons. The van der Waals surface area contributed by atoms with Crippen molar-refractivity contribution in [3.8, 4) is 0 Å². The van der Waals surface area contributed by atoms with Crippen LogP contribution in [0.15, 0.2) is 0 Å². The number of nitrogens with zero attached hydrogens (tertiary/aromatic N) is 2. The average Bonchev–Trinajstić information content (AvgIpc) is 2.79. The molecule has 5 nitrogen and oxygen atoms in total. The van der Waals surface area contributed by atoms with Crippen LogP contribution in [-0.4, -0.2) is 35.6 Å². The summed E-state index contributed by atoms with van der Waals surface area (Å²) >= 11 is 1.40. The van der Waals surface area contributed by atoms with Crippen molar-refractivity contribution in [3.05, 3.63) is 5.82 Å². The molecule has 0 spiro atoms. The van der Waals surface area contributed by atoms with Gasteiger partial charge in [-0.1, -0.05) is 25.7 Å². The zero-order valence-electron chi connectivity index (χ0n) is 12.5. The van der Waals surface area contributed by atoms with Gasteiger partial charge in [0.25, 0.3) is 0 Å². The fourth-order valence-electron chi connectivity index (χ4n) is 2.51. The first-order valence-corrected chi connectivity index (χ1v) is 8.40. The van der Waals surface area contributed by atoms with Gasteiger partial charge in [0.05, 0.1) is 0 Å². The lowest BCUT2D eigenvalue weighted by molar-refractivity contribution is 0.113. The van der Waals surface area contributed by atoms with Gasteiger partial charge in [-0.15, -0.1) is 0 Å². The van der Waals surface area contributed by atoms with Gasteiger partial charge in [-0.05, 0) is 19.8 Å². The molecule has 0 radical (unpaired) electrons. The molecule has 0 amide bonds. The summed E-state index contributed by atoms with van der Waals surface area (Å²) in [5.74, 6) is 0.761. The largest absolute Gasteiger partial charge is 0.374 e. The van der Waals surface area contributed by atoms with Crippen LogP contribution >= 0.6 is 11.5 Å². The van der Waals surface area contributed by atoms with Crippen molar-refractivity contribution in [3.63, 3.8) is 0 Å². The summed E-state index contributed by atoms with van der Waals surface area (Å²) in [6.45, 7) is 3.84. The summed E-state index contributed by atoms with van der Waals surface area (Å²) in [5.41, 5.74) is 0. The molecule has 1 aliphatic carbocycles. The highest BCUT2D eigenvalue weighted by atomic mass is 32.1. The van der Waals surface area contributed by atoms with Crippen molar-refractivity contribution in [1.82, 2.24) is 14.7 Å². The molecule has 1 aromatic rings. The Hall–Kier alpha value is -0.720. The molecule has 0 aromatic carbocycles. The van der Waals surface area contributed by atoms with Gasteiger partial charge in [-0.2, -0.15) is 4.37 Å². The molecule has 1 unspecified atom stereocenters. The van der Waals surface area contributed by atoms with Gasteiger partial charge in [0.15, 0.2) is 5.82 Å².